The van der Waals surface area contributed by atoms with E-state index in [4.69, 9.17) is 4.74 Å². The van der Waals surface area contributed by atoms with E-state index in [9.17, 15) is 4.79 Å². The van der Waals surface area contributed by atoms with E-state index in [0.717, 1.165) is 0 Å². The molecule has 0 radical (unpaired) electrons. The van der Waals surface area contributed by atoms with Gasteiger partial charge in [0.05, 0.1) is 12.7 Å². The molecule has 0 spiro atoms. The van der Waals surface area contributed by atoms with E-state index in [0.29, 0.717) is 23.3 Å². The third kappa shape index (κ3) is 4.41. The maximum absolute atomic E-state index is 10.8. The Morgan fingerprint density at radius 1 is 1.56 bits per heavy atom. The lowest BCUT2D eigenvalue weighted by Gasteiger charge is -2.02. The predicted molar refractivity (Wildman–Crippen MR) is 76.0 cm³/mol. The number of carbonyl (C=O) groups is 1. The summed E-state index contributed by atoms with van der Waals surface area (Å²) in [7, 11) is 2.83. The molecule has 0 saturated heterocycles. The highest BCUT2D eigenvalue weighted by Crippen LogP contribution is 2.16. The Kier molecular flexibility index (Phi) is 9.04. The Balaban J connectivity index is 0.00000106. The average molecular weight is 349 g/mol. The Bertz CT molecular complexity index is 399. The molecule has 0 aromatic carbocycles. The minimum absolute atomic E-state index is 0.310. The number of nitrogens with zero attached hydrogens (tertiary/aromatic N) is 1. The largest absolute Gasteiger partial charge is 0.480 e. The van der Waals surface area contributed by atoms with Gasteiger partial charge in [-0.3, -0.25) is 4.79 Å². The average Bonchev–Trinajstić information content (AvgIpc) is 2.37. The maximum Gasteiger partial charge on any atom is 0.225 e. The van der Waals surface area contributed by atoms with Crippen LogP contribution in [0.3, 0.4) is 0 Å². The summed E-state index contributed by atoms with van der Waals surface area (Å²) < 4.78 is 4.94. The van der Waals surface area contributed by atoms with Gasteiger partial charge in [0.1, 0.15) is 0 Å². The van der Waals surface area contributed by atoms with Gasteiger partial charge in [-0.05, 0) is 20.3 Å². The molecule has 86 valence electrons. The van der Waals surface area contributed by atoms with E-state index in [1.807, 2.05) is 13.8 Å². The fourth-order valence-electron chi connectivity index (χ4n) is 0.914. The Morgan fingerprint density at radius 2 is 2.25 bits per heavy atom. The number of methoxy groups -OCH3 is 1. The number of carbonyl (C=O) groups excluding carboxylic acids is 1. The molecule has 0 aliphatic rings. The lowest BCUT2D eigenvalue weighted by Crippen LogP contribution is -1.96. The topological polar surface area (TPSA) is 39.2 Å². The molecule has 0 unspecified atom stereocenters. The zero-order chi connectivity index (χ0) is 12.4. The smallest absolute Gasteiger partial charge is 0.225 e. The molecule has 0 aliphatic heterocycles. The van der Waals surface area contributed by atoms with Crippen LogP contribution in [-0.2, 0) is 0 Å². The van der Waals surface area contributed by atoms with Crippen molar-refractivity contribution >= 4 is 36.4 Å². The van der Waals surface area contributed by atoms with E-state index in [1.54, 1.807) is 12.3 Å². The van der Waals surface area contributed by atoms with Crippen molar-refractivity contribution in [3.8, 4) is 17.1 Å². The number of hydrogen-bond acceptors (Lipinski definition) is 4. The summed E-state index contributed by atoms with van der Waals surface area (Å²) in [6, 6.07) is 1.69. The molecule has 0 atom stereocenters. The SMILES string of the molecule is CC.COc1nccc(C#CSI)c1C=O. The number of pyridine rings is 1. The van der Waals surface area contributed by atoms with Crippen molar-refractivity contribution in [3.63, 3.8) is 0 Å². The van der Waals surface area contributed by atoms with Crippen LogP contribution in [0.1, 0.15) is 29.8 Å². The molecule has 0 aliphatic carbocycles. The minimum atomic E-state index is 0.310. The monoisotopic (exact) mass is 349 g/mol. The maximum atomic E-state index is 10.8. The highest BCUT2D eigenvalue weighted by Gasteiger charge is 2.06. The zero-order valence-electron chi connectivity index (χ0n) is 9.28. The van der Waals surface area contributed by atoms with Crippen molar-refractivity contribution in [2.45, 2.75) is 13.8 Å². The summed E-state index contributed by atoms with van der Waals surface area (Å²) >= 11 is 2.06. The minimum Gasteiger partial charge on any atom is -0.480 e. The van der Waals surface area contributed by atoms with E-state index < -0.39 is 0 Å². The van der Waals surface area contributed by atoms with Crippen LogP contribution in [0.15, 0.2) is 12.3 Å². The first-order valence-electron chi connectivity index (χ1n) is 4.60. The van der Waals surface area contributed by atoms with E-state index in [-0.39, 0.29) is 0 Å². The van der Waals surface area contributed by atoms with Gasteiger partial charge in [0.2, 0.25) is 5.88 Å². The Labute approximate surface area is 112 Å². The Hall–Kier alpha value is -0.740. The first kappa shape index (κ1) is 15.3. The van der Waals surface area contributed by atoms with Gasteiger partial charge < -0.3 is 4.74 Å². The Morgan fingerprint density at radius 3 is 2.75 bits per heavy atom. The van der Waals surface area contributed by atoms with Gasteiger partial charge >= 0.3 is 0 Å². The highest BCUT2D eigenvalue weighted by molar-refractivity contribution is 14.2. The highest BCUT2D eigenvalue weighted by atomic mass is 127. The van der Waals surface area contributed by atoms with Gasteiger partial charge in [-0.2, -0.15) is 0 Å². The molecule has 1 rings (SSSR count). The van der Waals surface area contributed by atoms with Crippen molar-refractivity contribution < 1.29 is 9.53 Å². The molecule has 0 fully saturated rings. The van der Waals surface area contributed by atoms with Gasteiger partial charge in [0, 0.05) is 33.0 Å². The predicted octanol–water partition coefficient (Wildman–Crippen LogP) is 3.32. The number of halogens is 1. The molecule has 0 amide bonds. The number of ether oxygens (including phenoxy) is 1. The summed E-state index contributed by atoms with van der Waals surface area (Å²) in [6.07, 6.45) is 2.27. The molecule has 1 aromatic heterocycles. The molecule has 0 saturated carbocycles. The lowest BCUT2D eigenvalue weighted by molar-refractivity contribution is 0.111. The normalized spacial score (nSPS) is 8.00. The van der Waals surface area contributed by atoms with Crippen LogP contribution in [-0.4, -0.2) is 18.4 Å². The van der Waals surface area contributed by atoms with Crippen LogP contribution in [0.2, 0.25) is 0 Å². The fraction of sp³-hybridized carbons (Fsp3) is 0.273. The molecule has 0 N–H and O–H groups in total. The van der Waals surface area contributed by atoms with Gasteiger partial charge in [0.15, 0.2) is 6.29 Å². The molecule has 1 heterocycles. The second kappa shape index (κ2) is 9.48. The fourth-order valence-corrected chi connectivity index (χ4v) is 1.39. The van der Waals surface area contributed by atoms with Gasteiger partial charge in [0.25, 0.3) is 0 Å². The summed E-state index contributed by atoms with van der Waals surface area (Å²) in [4.78, 5) is 14.7. The number of aromatic nitrogens is 1. The van der Waals surface area contributed by atoms with Crippen LogP contribution in [0.4, 0.5) is 0 Å². The molecule has 0 bridgehead atoms. The zero-order valence-corrected chi connectivity index (χ0v) is 12.3. The quantitative estimate of drug-likeness (QED) is 0.467. The summed E-state index contributed by atoms with van der Waals surface area (Å²) in [5.74, 6) is 3.15. The molecular weight excluding hydrogens is 337 g/mol. The van der Waals surface area contributed by atoms with Crippen molar-refractivity contribution in [1.82, 2.24) is 4.98 Å². The molecule has 16 heavy (non-hydrogen) atoms. The first-order chi connectivity index (χ1) is 7.83. The van der Waals surface area contributed by atoms with Crippen LogP contribution in [0.5, 0.6) is 5.88 Å². The van der Waals surface area contributed by atoms with Gasteiger partial charge in [-0.1, -0.05) is 19.8 Å². The molecule has 5 heteroatoms. The van der Waals surface area contributed by atoms with E-state index in [2.05, 4.69) is 37.4 Å². The molecule has 3 nitrogen and oxygen atoms in total. The van der Waals surface area contributed by atoms with Gasteiger partial charge in [-0.25, -0.2) is 4.98 Å². The van der Waals surface area contributed by atoms with Crippen LogP contribution < -0.4 is 4.74 Å². The number of hydrogen-bond donors (Lipinski definition) is 0. The first-order valence-corrected chi connectivity index (χ1v) is 7.96. The van der Waals surface area contributed by atoms with Crippen molar-refractivity contribution in [3.05, 3.63) is 23.4 Å². The summed E-state index contributed by atoms with van der Waals surface area (Å²) in [5, 5.41) is 2.80. The number of rotatable bonds is 2. The molecule has 1 aromatic rings. The van der Waals surface area contributed by atoms with Crippen molar-refractivity contribution in [1.29, 1.82) is 0 Å². The van der Waals surface area contributed by atoms with E-state index in [1.165, 1.54) is 16.0 Å². The van der Waals surface area contributed by atoms with Crippen molar-refractivity contribution in [2.75, 3.05) is 7.11 Å². The molecular formula is C11H12INO2S. The summed E-state index contributed by atoms with van der Waals surface area (Å²) in [6.45, 7) is 4.00. The van der Waals surface area contributed by atoms with E-state index >= 15 is 0 Å². The van der Waals surface area contributed by atoms with Crippen LogP contribution >= 0.6 is 30.1 Å². The van der Waals surface area contributed by atoms with Crippen LogP contribution in [0.25, 0.3) is 0 Å². The second-order valence-corrected chi connectivity index (χ2v) is 3.88. The lowest BCUT2D eigenvalue weighted by atomic mass is 10.1. The summed E-state index contributed by atoms with van der Waals surface area (Å²) in [5.41, 5.74) is 1.03. The third-order valence-corrected chi connectivity index (χ3v) is 2.33. The second-order valence-electron chi connectivity index (χ2n) is 2.20. The number of aldehydes is 1. The van der Waals surface area contributed by atoms with Crippen LogP contribution in [0, 0.1) is 11.2 Å². The standard InChI is InChI=1S/C9H6INO2S.C2H6/c1-13-9-8(6-12)7(2-4-11-9)3-5-14-10;1-2/h2,4,6H,1H3;1-2H3. The van der Waals surface area contributed by atoms with Gasteiger partial charge in [-0.15, -0.1) is 0 Å². The third-order valence-electron chi connectivity index (χ3n) is 1.49. The van der Waals surface area contributed by atoms with Crippen molar-refractivity contribution in [2.24, 2.45) is 0 Å².